The molecule has 4 rings (SSSR count). The Hall–Kier alpha value is -3.45. The average Bonchev–Trinajstić information content (AvgIpc) is 3.40. The van der Waals surface area contributed by atoms with Gasteiger partial charge in [0.1, 0.15) is 11.5 Å². The summed E-state index contributed by atoms with van der Waals surface area (Å²) in [5.41, 5.74) is 2.08. The Morgan fingerprint density at radius 3 is 2.57 bits per heavy atom. The second-order valence-electron chi connectivity index (χ2n) is 7.04. The van der Waals surface area contributed by atoms with Gasteiger partial charge in [0.25, 0.3) is 0 Å². The van der Waals surface area contributed by atoms with E-state index in [4.69, 9.17) is 14.2 Å². The van der Waals surface area contributed by atoms with Crippen molar-refractivity contribution in [1.82, 2.24) is 0 Å². The molecule has 0 saturated carbocycles. The fraction of sp³-hybridized carbons (Fsp3) is 0.261. The summed E-state index contributed by atoms with van der Waals surface area (Å²) in [7, 11) is 1.31. The molecule has 1 saturated heterocycles. The van der Waals surface area contributed by atoms with Crippen LogP contribution in [0.2, 0.25) is 0 Å². The molecule has 1 atom stereocenters. The topological polar surface area (TPSA) is 88.1 Å². The molecule has 2 aromatic carbocycles. The maximum Gasteiger partial charge on any atom is 0.340 e. The number of fused-ring (bicyclic) bond motifs is 1. The van der Waals surface area contributed by atoms with Crippen molar-refractivity contribution < 1.29 is 33.3 Å². The zero-order chi connectivity index (χ0) is 21.3. The van der Waals surface area contributed by atoms with Gasteiger partial charge >= 0.3 is 11.9 Å². The van der Waals surface area contributed by atoms with Crippen molar-refractivity contribution >= 4 is 23.8 Å². The van der Waals surface area contributed by atoms with Gasteiger partial charge in [0.15, 0.2) is 11.9 Å². The number of benzene rings is 2. The molecule has 0 amide bonds. The highest BCUT2D eigenvalue weighted by molar-refractivity contribution is 6.15. The van der Waals surface area contributed by atoms with Crippen LogP contribution in [0.1, 0.15) is 44.7 Å². The lowest BCUT2D eigenvalue weighted by molar-refractivity contribution is -0.144. The smallest absolute Gasteiger partial charge is 0.340 e. The van der Waals surface area contributed by atoms with Crippen LogP contribution in [0.3, 0.4) is 0 Å². The monoisotopic (exact) mass is 408 g/mol. The van der Waals surface area contributed by atoms with Gasteiger partial charge in [0, 0.05) is 12.2 Å². The molecule has 0 radical (unpaired) electrons. The number of ketones is 1. The van der Waals surface area contributed by atoms with Crippen molar-refractivity contribution in [2.24, 2.45) is 0 Å². The Labute approximate surface area is 173 Å². The van der Waals surface area contributed by atoms with Gasteiger partial charge in [-0.3, -0.25) is 4.79 Å². The molecule has 0 spiro atoms. The third-order valence-corrected chi connectivity index (χ3v) is 5.07. The molecular formula is C23H20O7. The van der Waals surface area contributed by atoms with E-state index in [-0.39, 0.29) is 11.5 Å². The summed E-state index contributed by atoms with van der Waals surface area (Å²) in [4.78, 5) is 36.5. The molecule has 0 aromatic heterocycles. The van der Waals surface area contributed by atoms with Crippen LogP contribution in [0, 0.1) is 6.92 Å². The van der Waals surface area contributed by atoms with E-state index >= 15 is 0 Å². The number of esters is 2. The summed E-state index contributed by atoms with van der Waals surface area (Å²) in [6, 6.07) is 9.79. The lowest BCUT2D eigenvalue weighted by Gasteiger charge is -2.12. The van der Waals surface area contributed by atoms with Crippen molar-refractivity contribution in [1.29, 1.82) is 0 Å². The maximum atomic E-state index is 12.7. The molecule has 30 heavy (non-hydrogen) atoms. The number of carbonyl (C=O) groups is 3. The summed E-state index contributed by atoms with van der Waals surface area (Å²) in [5, 5.41) is 0. The van der Waals surface area contributed by atoms with Crippen LogP contribution >= 0.6 is 0 Å². The predicted octanol–water partition coefficient (Wildman–Crippen LogP) is 3.48. The van der Waals surface area contributed by atoms with Gasteiger partial charge in [-0.25, -0.2) is 9.59 Å². The number of Topliss-reactive ketones (excluding diaryl/α,β-unsaturated/α-hetero) is 1. The Balaban J connectivity index is 1.55. The van der Waals surface area contributed by atoms with Crippen molar-refractivity contribution in [3.63, 3.8) is 0 Å². The highest BCUT2D eigenvalue weighted by Crippen LogP contribution is 2.39. The van der Waals surface area contributed by atoms with Crippen LogP contribution in [0.4, 0.5) is 0 Å². The van der Waals surface area contributed by atoms with Crippen molar-refractivity contribution in [3.05, 3.63) is 64.4 Å². The molecule has 2 heterocycles. The predicted molar refractivity (Wildman–Crippen MR) is 107 cm³/mol. The third-order valence-electron chi connectivity index (χ3n) is 5.07. The molecule has 0 bridgehead atoms. The lowest BCUT2D eigenvalue weighted by atomic mass is 10.1. The maximum absolute atomic E-state index is 12.7. The minimum atomic E-state index is -0.552. The van der Waals surface area contributed by atoms with E-state index in [1.54, 1.807) is 49.4 Å². The zero-order valence-corrected chi connectivity index (χ0v) is 16.6. The van der Waals surface area contributed by atoms with Crippen LogP contribution in [-0.4, -0.2) is 37.5 Å². The molecule has 7 nitrogen and oxygen atoms in total. The van der Waals surface area contributed by atoms with Gasteiger partial charge < -0.3 is 18.9 Å². The number of methoxy groups -OCH3 is 1. The molecule has 2 aliphatic heterocycles. The first-order valence-corrected chi connectivity index (χ1v) is 9.57. The molecule has 7 heteroatoms. The largest absolute Gasteiger partial charge is 0.465 e. The van der Waals surface area contributed by atoms with Crippen LogP contribution < -0.4 is 9.47 Å². The SMILES string of the molecule is COC(=O)c1ccc(/C=C2\Oc3c(ccc(OC(=O)C4CCCO4)c3C)C2=O)cc1. The first-order valence-electron chi connectivity index (χ1n) is 9.57. The third kappa shape index (κ3) is 3.71. The summed E-state index contributed by atoms with van der Waals surface area (Å²) >= 11 is 0. The summed E-state index contributed by atoms with van der Waals surface area (Å²) in [6.07, 6.45) is 2.51. The molecule has 0 N–H and O–H groups in total. The van der Waals surface area contributed by atoms with Gasteiger partial charge in [0.05, 0.1) is 18.2 Å². The standard InChI is InChI=1S/C23H20O7/c1-13-17(30-23(26)18-4-3-11-28-18)10-9-16-20(24)19(29-21(13)16)12-14-5-7-15(8-6-14)22(25)27-2/h5-10,12,18H,3-4,11H2,1-2H3/b19-12-. The second kappa shape index (κ2) is 8.12. The van der Waals surface area contributed by atoms with Crippen molar-refractivity contribution in [3.8, 4) is 11.5 Å². The Kier molecular flexibility index (Phi) is 5.37. The van der Waals surface area contributed by atoms with E-state index in [1.165, 1.54) is 7.11 Å². The minimum absolute atomic E-state index is 0.154. The molecule has 2 aromatic rings. The molecule has 2 aliphatic rings. The highest BCUT2D eigenvalue weighted by atomic mass is 16.6. The number of hydrogen-bond donors (Lipinski definition) is 0. The minimum Gasteiger partial charge on any atom is -0.465 e. The quantitative estimate of drug-likeness (QED) is 0.435. The molecule has 154 valence electrons. The zero-order valence-electron chi connectivity index (χ0n) is 16.6. The normalized spacial score (nSPS) is 18.8. The number of allylic oxidation sites excluding steroid dienone is 1. The summed E-state index contributed by atoms with van der Waals surface area (Å²) in [6.45, 7) is 2.29. The molecular weight excluding hydrogens is 388 g/mol. The highest BCUT2D eigenvalue weighted by Gasteiger charge is 2.32. The Morgan fingerprint density at radius 1 is 1.13 bits per heavy atom. The van der Waals surface area contributed by atoms with E-state index in [0.29, 0.717) is 46.8 Å². The lowest BCUT2D eigenvalue weighted by Crippen LogP contribution is -2.25. The molecule has 1 fully saturated rings. The van der Waals surface area contributed by atoms with E-state index in [2.05, 4.69) is 4.74 Å². The van der Waals surface area contributed by atoms with Crippen LogP contribution in [0.5, 0.6) is 11.5 Å². The fourth-order valence-corrected chi connectivity index (χ4v) is 3.40. The van der Waals surface area contributed by atoms with Gasteiger partial charge in [-0.2, -0.15) is 0 Å². The van der Waals surface area contributed by atoms with Crippen molar-refractivity contribution in [2.45, 2.75) is 25.9 Å². The molecule has 1 unspecified atom stereocenters. The Morgan fingerprint density at radius 2 is 1.90 bits per heavy atom. The summed E-state index contributed by atoms with van der Waals surface area (Å²) in [5.74, 6) is -0.277. The first kappa shape index (κ1) is 19.8. The van der Waals surface area contributed by atoms with Crippen LogP contribution in [0.15, 0.2) is 42.2 Å². The fourth-order valence-electron chi connectivity index (χ4n) is 3.40. The number of rotatable bonds is 4. The van der Waals surface area contributed by atoms with Gasteiger partial charge in [0.2, 0.25) is 5.78 Å². The van der Waals surface area contributed by atoms with Gasteiger partial charge in [-0.05, 0) is 55.7 Å². The molecule has 0 aliphatic carbocycles. The van der Waals surface area contributed by atoms with Crippen LogP contribution in [0.25, 0.3) is 6.08 Å². The van der Waals surface area contributed by atoms with Gasteiger partial charge in [-0.1, -0.05) is 12.1 Å². The number of carbonyl (C=O) groups excluding carboxylic acids is 3. The van der Waals surface area contributed by atoms with E-state index in [1.807, 2.05) is 0 Å². The van der Waals surface area contributed by atoms with E-state index < -0.39 is 18.0 Å². The van der Waals surface area contributed by atoms with E-state index in [9.17, 15) is 14.4 Å². The van der Waals surface area contributed by atoms with Gasteiger partial charge in [-0.15, -0.1) is 0 Å². The number of hydrogen-bond acceptors (Lipinski definition) is 7. The van der Waals surface area contributed by atoms with Crippen molar-refractivity contribution in [2.75, 3.05) is 13.7 Å². The second-order valence-corrected chi connectivity index (χ2v) is 7.04. The number of ether oxygens (including phenoxy) is 4. The average molecular weight is 408 g/mol. The Bertz CT molecular complexity index is 1040. The van der Waals surface area contributed by atoms with Crippen LogP contribution in [-0.2, 0) is 14.3 Å². The first-order chi connectivity index (χ1) is 14.5. The summed E-state index contributed by atoms with van der Waals surface area (Å²) < 4.78 is 21.3. The van der Waals surface area contributed by atoms with E-state index in [0.717, 1.165) is 6.42 Å².